The number of aliphatic hydroxyl groups is 6. The molecule has 11 nitrogen and oxygen atoms in total. The van der Waals surface area contributed by atoms with Gasteiger partial charge in [0.1, 0.15) is 11.9 Å². The topological polar surface area (TPSA) is 205 Å². The molecule has 0 radical (unpaired) electrons. The average molecular weight is 1010 g/mol. The molecule has 2 fully saturated rings. The number of aromatic amines is 1. The van der Waals surface area contributed by atoms with Crippen molar-refractivity contribution in [3.63, 3.8) is 0 Å². The molecule has 2 aromatic carbocycles. The van der Waals surface area contributed by atoms with Crippen molar-refractivity contribution in [1.29, 1.82) is 0 Å². The third kappa shape index (κ3) is 11.5. The summed E-state index contributed by atoms with van der Waals surface area (Å²) in [6.07, 6.45) is 12.3. The number of dihydropyridines is 1. The summed E-state index contributed by atoms with van der Waals surface area (Å²) in [6.45, 7) is 2.45. The summed E-state index contributed by atoms with van der Waals surface area (Å²) in [6, 6.07) is 18.5. The zero-order valence-electron chi connectivity index (χ0n) is 41.4. The molecule has 1 saturated carbocycles. The highest BCUT2D eigenvalue weighted by atomic mass is 33.1. The van der Waals surface area contributed by atoms with Gasteiger partial charge >= 0.3 is 0 Å². The lowest BCUT2D eigenvalue weighted by Gasteiger charge is -2.45. The molecule has 0 bridgehead atoms. The van der Waals surface area contributed by atoms with Crippen molar-refractivity contribution in [1.82, 2.24) is 10.3 Å². The van der Waals surface area contributed by atoms with Crippen LogP contribution in [0.5, 0.6) is 11.5 Å². The monoisotopic (exact) mass is 1010 g/mol. The number of H-pyrrole nitrogens is 1. The number of nitrogens with two attached hydrogens (primary N) is 1. The highest BCUT2D eigenvalue weighted by molar-refractivity contribution is 8.76. The largest absolute Gasteiger partial charge is 0.504 e. The molecule has 2 aliphatic heterocycles. The van der Waals surface area contributed by atoms with Gasteiger partial charge in [-0.05, 0) is 141 Å². The standard InChI is InChI=1S/C58H77N3O8S2/c1-2-36-24-38-27-50(66)52(69-53-28-39(25-42-12-9-21-60-42)44-16-22-61-56(59)48(44)34-71-70-33-40(32-63)55(53)68)30-46(38)47-29-51(67)54-37(26-45(36)47)15-19-57(20-23-62,31-43(64)13-14-49(54)65)35-58(17-7-4-8-18-58)41-10-5-3-6-11-41/h3,5-6,9-12,16,21,26-27,30,36-37,39-40,43,47,49,51,53-55,60-68H,2,4,7-8,13-14,17-18,20,22-25,28-29,31-35,59H2,1H3. The van der Waals surface area contributed by atoms with Gasteiger partial charge in [-0.2, -0.15) is 0 Å². The molecule has 9 rings (SSSR count). The van der Waals surface area contributed by atoms with E-state index in [0.29, 0.717) is 81.7 Å². The highest BCUT2D eigenvalue weighted by Gasteiger charge is 2.47. The molecule has 1 aromatic heterocycles. The molecule has 0 amide bonds. The Labute approximate surface area is 428 Å². The maximum atomic E-state index is 12.5. The smallest absolute Gasteiger partial charge is 0.161 e. The number of aliphatic hydroxyl groups excluding tert-OH is 6. The molecular formula is C58H77N3O8S2. The van der Waals surface area contributed by atoms with Gasteiger partial charge in [0.2, 0.25) is 0 Å². The summed E-state index contributed by atoms with van der Waals surface area (Å²) in [4.78, 5) is 3.37. The van der Waals surface area contributed by atoms with Gasteiger partial charge in [-0.3, -0.25) is 0 Å². The zero-order chi connectivity index (χ0) is 49.7. The first kappa shape index (κ1) is 52.0. The number of fused-ring (bicyclic) bond motifs is 5. The number of aromatic hydroxyl groups is 1. The first-order chi connectivity index (χ1) is 34.4. The number of aromatic nitrogens is 1. The van der Waals surface area contributed by atoms with Crippen molar-refractivity contribution >= 4 is 21.6 Å². The van der Waals surface area contributed by atoms with Crippen LogP contribution in [0, 0.1) is 46.8 Å². The fourth-order valence-electron chi connectivity index (χ4n) is 13.6. The maximum absolute atomic E-state index is 12.5. The molecule has 1 saturated heterocycles. The second-order valence-corrected chi connectivity index (χ2v) is 24.3. The number of ether oxygens (including phenoxy) is 1. The molecule has 0 spiro atoms. The summed E-state index contributed by atoms with van der Waals surface area (Å²) >= 11 is 0. The molecule has 12 unspecified atom stereocenters. The second kappa shape index (κ2) is 23.1. The van der Waals surface area contributed by atoms with Gasteiger partial charge in [-0.1, -0.05) is 108 Å². The Morgan fingerprint density at radius 2 is 1.75 bits per heavy atom. The van der Waals surface area contributed by atoms with E-state index >= 15 is 0 Å². The maximum Gasteiger partial charge on any atom is 0.161 e. The molecule has 384 valence electrons. The summed E-state index contributed by atoms with van der Waals surface area (Å²) in [5.74, 6) is 7.57. The van der Waals surface area contributed by atoms with Crippen molar-refractivity contribution in [2.75, 3.05) is 31.3 Å². The first-order valence-corrected chi connectivity index (χ1v) is 29.0. The molecular weight excluding hydrogens is 931 g/mol. The highest BCUT2D eigenvalue weighted by Crippen LogP contribution is 2.53. The van der Waals surface area contributed by atoms with Crippen molar-refractivity contribution in [2.24, 2.45) is 40.7 Å². The summed E-state index contributed by atoms with van der Waals surface area (Å²) in [7, 11) is 3.25. The van der Waals surface area contributed by atoms with Crippen LogP contribution in [-0.4, -0.2) is 103 Å². The predicted molar refractivity (Wildman–Crippen MR) is 283 cm³/mol. The molecule has 13 heteroatoms. The lowest BCUT2D eigenvalue weighted by Crippen LogP contribution is -2.42. The Morgan fingerprint density at radius 3 is 2.49 bits per heavy atom. The van der Waals surface area contributed by atoms with Gasteiger partial charge < -0.3 is 56.5 Å². The van der Waals surface area contributed by atoms with E-state index in [9.17, 15) is 35.7 Å². The van der Waals surface area contributed by atoms with E-state index < -0.39 is 53.7 Å². The van der Waals surface area contributed by atoms with Crippen molar-refractivity contribution in [3.8, 4) is 23.3 Å². The van der Waals surface area contributed by atoms with Crippen LogP contribution in [0.25, 0.3) is 0 Å². The van der Waals surface area contributed by atoms with Gasteiger partial charge in [0, 0.05) is 77.8 Å². The predicted octanol–water partition coefficient (Wildman–Crippen LogP) is 7.94. The van der Waals surface area contributed by atoms with Crippen LogP contribution in [-0.2, 0) is 18.3 Å². The number of rotatable bonds is 11. The molecule has 12 atom stereocenters. The molecule has 71 heavy (non-hydrogen) atoms. The molecule has 6 aliphatic rings. The van der Waals surface area contributed by atoms with Crippen LogP contribution in [0.1, 0.15) is 119 Å². The van der Waals surface area contributed by atoms with Gasteiger partial charge in [0.05, 0.1) is 24.4 Å². The van der Waals surface area contributed by atoms with E-state index in [1.54, 1.807) is 27.7 Å². The fraction of sp³-hybridized carbons (Fsp3) is 0.586. The fourth-order valence-corrected chi connectivity index (χ4v) is 16.1. The van der Waals surface area contributed by atoms with Crippen LogP contribution < -0.4 is 15.8 Å². The van der Waals surface area contributed by atoms with Crippen molar-refractivity contribution < 1.29 is 40.5 Å². The van der Waals surface area contributed by atoms with Crippen LogP contribution in [0.2, 0.25) is 0 Å². The average Bonchev–Trinajstić information content (AvgIpc) is 3.83. The summed E-state index contributed by atoms with van der Waals surface area (Å²) in [5.41, 5.74) is 13.3. The Morgan fingerprint density at radius 1 is 0.930 bits per heavy atom. The van der Waals surface area contributed by atoms with E-state index in [-0.39, 0.29) is 47.9 Å². The van der Waals surface area contributed by atoms with E-state index in [4.69, 9.17) is 10.5 Å². The second-order valence-electron chi connectivity index (χ2n) is 21.8. The molecule has 4 aliphatic carbocycles. The number of phenols is 1. The van der Waals surface area contributed by atoms with Gasteiger partial charge in [0.15, 0.2) is 11.5 Å². The third-order valence-electron chi connectivity index (χ3n) is 17.3. The van der Waals surface area contributed by atoms with Crippen molar-refractivity contribution in [3.05, 3.63) is 118 Å². The van der Waals surface area contributed by atoms with Crippen LogP contribution in [0.3, 0.4) is 0 Å². The minimum Gasteiger partial charge on any atom is -0.504 e. The molecule has 3 heterocycles. The zero-order valence-corrected chi connectivity index (χ0v) is 43.0. The normalized spacial score (nSPS) is 33.4. The van der Waals surface area contributed by atoms with E-state index in [0.717, 1.165) is 65.6 Å². The number of benzene rings is 2. The van der Waals surface area contributed by atoms with Gasteiger partial charge in [-0.15, -0.1) is 0 Å². The van der Waals surface area contributed by atoms with E-state index in [1.165, 1.54) is 12.0 Å². The van der Waals surface area contributed by atoms with Gasteiger partial charge in [0.25, 0.3) is 0 Å². The van der Waals surface area contributed by atoms with Crippen molar-refractivity contribution in [2.45, 2.75) is 145 Å². The number of hydrogen-bond acceptors (Lipinski definition) is 12. The van der Waals surface area contributed by atoms with Gasteiger partial charge in [-0.25, -0.2) is 0 Å². The van der Waals surface area contributed by atoms with E-state index in [2.05, 4.69) is 77.6 Å². The van der Waals surface area contributed by atoms with Crippen LogP contribution in [0.15, 0.2) is 95.5 Å². The lowest BCUT2D eigenvalue weighted by atomic mass is 9.59. The SMILES string of the molecule is CCC1Cc2cc(O)c(OC3CC(Cc4ccc[nH]4)C4=CCNC(N)=C4CSSCC(CO)C3O)cc2C2CC(O)C3C(C#CC(CCO)(CC4(c5ccccc5)CCCCC4)CC(O)CCC3O)C=C12. The Hall–Kier alpha value is -3.84. The Bertz CT molecular complexity index is 2430. The Balaban J connectivity index is 1.10. The summed E-state index contributed by atoms with van der Waals surface area (Å²) < 4.78 is 6.93. The quantitative estimate of drug-likeness (QED) is 0.0506. The van der Waals surface area contributed by atoms with Crippen LogP contribution in [0.4, 0.5) is 0 Å². The minimum absolute atomic E-state index is 0.0283. The number of phenolic OH excluding ortho intramolecular Hbond substituents is 1. The van der Waals surface area contributed by atoms with Crippen LogP contribution >= 0.6 is 21.6 Å². The third-order valence-corrected chi connectivity index (χ3v) is 19.7. The first-order valence-electron chi connectivity index (χ1n) is 26.5. The summed E-state index contributed by atoms with van der Waals surface area (Å²) in [5, 5.41) is 85.3. The molecule has 11 N–H and O–H groups in total. The minimum atomic E-state index is -1.07. The number of nitrogens with one attached hydrogen (secondary N) is 2. The Kier molecular flexibility index (Phi) is 17.0. The van der Waals surface area contributed by atoms with E-state index in [1.807, 2.05) is 18.3 Å². The molecule has 3 aromatic rings. The lowest BCUT2D eigenvalue weighted by molar-refractivity contribution is -0.0215. The number of hydrogen-bond donors (Lipinski definition) is 10. The number of allylic oxidation sites excluding steroid dienone is 3.